The first-order valence-corrected chi connectivity index (χ1v) is 8.30. The maximum Gasteiger partial charge on any atom is 0.181 e. The van der Waals surface area contributed by atoms with Gasteiger partial charge in [0.25, 0.3) is 0 Å². The summed E-state index contributed by atoms with van der Waals surface area (Å²) >= 11 is 2.29. The molecule has 3 aromatic rings. The molecule has 1 N–H and O–H groups in total. The molecule has 1 aromatic heterocycles. The first-order valence-electron chi connectivity index (χ1n) is 7.22. The van der Waals surface area contributed by atoms with Crippen LogP contribution in [0, 0.1) is 3.57 Å². The third-order valence-corrected chi connectivity index (χ3v) is 4.27. The van der Waals surface area contributed by atoms with Gasteiger partial charge in [-0.2, -0.15) is 0 Å². The van der Waals surface area contributed by atoms with Gasteiger partial charge in [-0.05, 0) is 59.0 Å². The van der Waals surface area contributed by atoms with Crippen molar-refractivity contribution in [1.29, 1.82) is 0 Å². The Bertz CT molecular complexity index is 796. The van der Waals surface area contributed by atoms with E-state index >= 15 is 0 Å². The molecule has 4 nitrogen and oxygen atoms in total. The number of halogens is 1. The largest absolute Gasteiger partial charge is 0.443 e. The van der Waals surface area contributed by atoms with Gasteiger partial charge in [0.1, 0.15) is 0 Å². The second kappa shape index (κ2) is 7.52. The van der Waals surface area contributed by atoms with Gasteiger partial charge in [0.2, 0.25) is 0 Å². The first kappa shape index (κ1) is 15.9. The van der Waals surface area contributed by atoms with E-state index in [2.05, 4.69) is 62.1 Å². The number of nitrogens with zero attached hydrogens (tertiary/aromatic N) is 2. The molecule has 0 aliphatic carbocycles. The number of aliphatic imine (C=N–C) groups is 1. The van der Waals surface area contributed by atoms with E-state index in [0.29, 0.717) is 0 Å². The van der Waals surface area contributed by atoms with E-state index in [-0.39, 0.29) is 0 Å². The Labute approximate surface area is 148 Å². The molecule has 0 spiro atoms. The molecule has 0 bridgehead atoms. The van der Waals surface area contributed by atoms with E-state index < -0.39 is 0 Å². The number of hydrogen-bond acceptors (Lipinski definition) is 4. The van der Waals surface area contributed by atoms with Crippen molar-refractivity contribution in [3.05, 3.63) is 69.8 Å². The Hall–Kier alpha value is -1.99. The highest BCUT2D eigenvalue weighted by atomic mass is 127. The standard InChI is InChI=1S/C18H16IN3O/c1-20-9-13-2-4-14(5-3-13)10-22-15-6-7-16(17(19)8-15)18-11-21-12-23-18/h2-8,10-12,20H,9H2,1H3. The summed E-state index contributed by atoms with van der Waals surface area (Å²) in [6.45, 7) is 0.874. The van der Waals surface area contributed by atoms with Crippen molar-refractivity contribution < 1.29 is 4.42 Å². The molecular formula is C18H16IN3O. The number of benzene rings is 2. The van der Waals surface area contributed by atoms with E-state index in [4.69, 9.17) is 4.42 Å². The van der Waals surface area contributed by atoms with Crippen LogP contribution in [0.3, 0.4) is 0 Å². The van der Waals surface area contributed by atoms with Gasteiger partial charge in [-0.15, -0.1) is 0 Å². The SMILES string of the molecule is CNCc1ccc(C=Nc2ccc(-c3cnco3)c(I)c2)cc1. The smallest absolute Gasteiger partial charge is 0.181 e. The Kier molecular flexibility index (Phi) is 5.19. The van der Waals surface area contributed by atoms with Crippen molar-refractivity contribution in [3.8, 4) is 11.3 Å². The Morgan fingerprint density at radius 2 is 2.04 bits per heavy atom. The van der Waals surface area contributed by atoms with Crippen LogP contribution in [0.25, 0.3) is 11.3 Å². The number of aromatic nitrogens is 1. The second-order valence-corrected chi connectivity index (χ2v) is 6.22. The average Bonchev–Trinajstić information content (AvgIpc) is 3.09. The van der Waals surface area contributed by atoms with Crippen LogP contribution < -0.4 is 5.32 Å². The molecule has 0 aliphatic heterocycles. The topological polar surface area (TPSA) is 50.4 Å². The summed E-state index contributed by atoms with van der Waals surface area (Å²) in [5, 5.41) is 3.14. The third kappa shape index (κ3) is 4.05. The minimum Gasteiger partial charge on any atom is -0.443 e. The molecule has 0 unspecified atom stereocenters. The van der Waals surface area contributed by atoms with Gasteiger partial charge in [-0.3, -0.25) is 4.99 Å². The van der Waals surface area contributed by atoms with Crippen molar-refractivity contribution >= 4 is 34.5 Å². The van der Waals surface area contributed by atoms with Crippen LogP contribution in [0.4, 0.5) is 5.69 Å². The molecule has 3 rings (SSSR count). The van der Waals surface area contributed by atoms with Gasteiger partial charge in [-0.1, -0.05) is 24.3 Å². The first-order chi connectivity index (χ1) is 11.3. The maximum absolute atomic E-state index is 5.34. The van der Waals surface area contributed by atoms with Crippen LogP contribution in [-0.4, -0.2) is 18.2 Å². The summed E-state index contributed by atoms with van der Waals surface area (Å²) in [6.07, 6.45) is 5.03. The molecule has 2 aromatic carbocycles. The van der Waals surface area contributed by atoms with Gasteiger partial charge in [-0.25, -0.2) is 4.98 Å². The van der Waals surface area contributed by atoms with E-state index in [1.54, 1.807) is 6.20 Å². The lowest BCUT2D eigenvalue weighted by atomic mass is 10.1. The lowest BCUT2D eigenvalue weighted by Crippen LogP contribution is -2.04. The number of nitrogens with one attached hydrogen (secondary N) is 1. The molecule has 0 fully saturated rings. The molecule has 0 saturated heterocycles. The maximum atomic E-state index is 5.34. The molecule has 0 saturated carbocycles. The molecule has 0 radical (unpaired) electrons. The van der Waals surface area contributed by atoms with Gasteiger partial charge >= 0.3 is 0 Å². The molecule has 0 amide bonds. The Balaban J connectivity index is 1.76. The fraction of sp³-hybridized carbons (Fsp3) is 0.111. The van der Waals surface area contributed by atoms with Crippen molar-refractivity contribution in [3.63, 3.8) is 0 Å². The summed E-state index contributed by atoms with van der Waals surface area (Å²) in [4.78, 5) is 8.50. The zero-order valence-corrected chi connectivity index (χ0v) is 14.8. The quantitative estimate of drug-likeness (QED) is 0.494. The third-order valence-electron chi connectivity index (χ3n) is 3.37. The van der Waals surface area contributed by atoms with Crippen molar-refractivity contribution in [1.82, 2.24) is 10.3 Å². The van der Waals surface area contributed by atoms with E-state index in [1.165, 1.54) is 12.0 Å². The van der Waals surface area contributed by atoms with E-state index in [9.17, 15) is 0 Å². The summed E-state index contributed by atoms with van der Waals surface area (Å²) in [5.41, 5.74) is 4.28. The molecule has 23 heavy (non-hydrogen) atoms. The zero-order valence-electron chi connectivity index (χ0n) is 12.7. The second-order valence-electron chi connectivity index (χ2n) is 5.06. The lowest BCUT2D eigenvalue weighted by molar-refractivity contribution is 0.571. The molecule has 0 atom stereocenters. The molecule has 1 heterocycles. The van der Waals surface area contributed by atoms with Crippen molar-refractivity contribution in [2.75, 3.05) is 7.05 Å². The highest BCUT2D eigenvalue weighted by molar-refractivity contribution is 14.1. The summed E-state index contributed by atoms with van der Waals surface area (Å²) < 4.78 is 6.42. The van der Waals surface area contributed by atoms with Crippen LogP contribution in [0.2, 0.25) is 0 Å². The fourth-order valence-electron chi connectivity index (χ4n) is 2.21. The van der Waals surface area contributed by atoms with Crippen LogP contribution in [-0.2, 0) is 6.54 Å². The van der Waals surface area contributed by atoms with Gasteiger partial charge in [0.15, 0.2) is 12.2 Å². The van der Waals surface area contributed by atoms with Crippen LogP contribution >= 0.6 is 22.6 Å². The molecular weight excluding hydrogens is 401 g/mol. The predicted molar refractivity (Wildman–Crippen MR) is 101 cm³/mol. The Morgan fingerprint density at radius 3 is 2.70 bits per heavy atom. The predicted octanol–water partition coefficient (Wildman–Crippen LogP) is 4.42. The van der Waals surface area contributed by atoms with Gasteiger partial charge < -0.3 is 9.73 Å². The monoisotopic (exact) mass is 417 g/mol. The van der Waals surface area contributed by atoms with E-state index in [1.807, 2.05) is 31.5 Å². The zero-order chi connectivity index (χ0) is 16.1. The number of oxazole rings is 1. The van der Waals surface area contributed by atoms with Crippen LogP contribution in [0.15, 0.2) is 64.5 Å². The minimum absolute atomic E-state index is 0.769. The number of rotatable bonds is 5. The van der Waals surface area contributed by atoms with Crippen molar-refractivity contribution in [2.45, 2.75) is 6.54 Å². The summed E-state index contributed by atoms with van der Waals surface area (Å²) in [7, 11) is 1.94. The fourth-order valence-corrected chi connectivity index (χ4v) is 2.97. The lowest BCUT2D eigenvalue weighted by Gasteiger charge is -2.02. The normalized spacial score (nSPS) is 11.2. The summed E-state index contributed by atoms with van der Waals surface area (Å²) in [5.74, 6) is 0.769. The highest BCUT2D eigenvalue weighted by Crippen LogP contribution is 2.28. The average molecular weight is 417 g/mol. The van der Waals surface area contributed by atoms with Gasteiger partial charge in [0.05, 0.1) is 11.9 Å². The van der Waals surface area contributed by atoms with Crippen LogP contribution in [0.1, 0.15) is 11.1 Å². The minimum atomic E-state index is 0.769. The molecule has 0 aliphatic rings. The van der Waals surface area contributed by atoms with E-state index in [0.717, 1.165) is 32.7 Å². The summed E-state index contributed by atoms with van der Waals surface area (Å²) in [6, 6.07) is 14.4. The molecule has 116 valence electrons. The van der Waals surface area contributed by atoms with Crippen LogP contribution in [0.5, 0.6) is 0 Å². The van der Waals surface area contributed by atoms with Gasteiger partial charge in [0, 0.05) is 21.9 Å². The highest BCUT2D eigenvalue weighted by Gasteiger charge is 2.06. The number of hydrogen-bond donors (Lipinski definition) is 1. The Morgan fingerprint density at radius 1 is 1.22 bits per heavy atom. The van der Waals surface area contributed by atoms with Crippen molar-refractivity contribution in [2.24, 2.45) is 4.99 Å². The molecule has 5 heteroatoms.